The Morgan fingerprint density at radius 2 is 2.26 bits per heavy atom. The zero-order valence-corrected chi connectivity index (χ0v) is 11.7. The van der Waals surface area contributed by atoms with Gasteiger partial charge in [0.15, 0.2) is 0 Å². The molecule has 7 nitrogen and oxygen atoms in total. The third-order valence-electron chi connectivity index (χ3n) is 3.66. The first-order valence-corrected chi connectivity index (χ1v) is 7.26. The number of nitrogens with one attached hydrogen (secondary N) is 1. The maximum Gasteiger partial charge on any atom is 0.242 e. The fourth-order valence-electron chi connectivity index (χ4n) is 2.42. The zero-order chi connectivity index (χ0) is 14.2. The van der Waals surface area contributed by atoms with Gasteiger partial charge in [-0.2, -0.15) is 0 Å². The molecule has 0 aromatic carbocycles. The lowest BCUT2D eigenvalue weighted by Gasteiger charge is -2.26. The fourth-order valence-corrected chi connectivity index (χ4v) is 3.86. The highest BCUT2D eigenvalue weighted by atomic mass is 32.2. The average Bonchev–Trinajstić information content (AvgIpc) is 2.96. The zero-order valence-electron chi connectivity index (χ0n) is 10.8. The molecular formula is C11H20N4O3S. The van der Waals surface area contributed by atoms with Crippen LogP contribution in [0.15, 0.2) is 0 Å². The molecule has 0 bridgehead atoms. The van der Waals surface area contributed by atoms with Crippen LogP contribution in [0.3, 0.4) is 0 Å². The molecule has 0 aromatic heterocycles. The van der Waals surface area contributed by atoms with Gasteiger partial charge in [0.1, 0.15) is 6.04 Å². The van der Waals surface area contributed by atoms with Crippen LogP contribution in [0.2, 0.25) is 0 Å². The van der Waals surface area contributed by atoms with Gasteiger partial charge in [-0.3, -0.25) is 14.9 Å². The second-order valence-electron chi connectivity index (χ2n) is 5.18. The summed E-state index contributed by atoms with van der Waals surface area (Å²) in [6.07, 6.45) is -0.119. The normalized spacial score (nSPS) is 33.6. The van der Waals surface area contributed by atoms with Crippen molar-refractivity contribution < 1.29 is 14.7 Å². The third kappa shape index (κ3) is 2.86. The Balaban J connectivity index is 1.97. The lowest BCUT2D eigenvalue weighted by Crippen LogP contribution is -2.52. The molecule has 2 saturated heterocycles. The molecule has 108 valence electrons. The van der Waals surface area contributed by atoms with Gasteiger partial charge >= 0.3 is 0 Å². The minimum atomic E-state index is -0.895. The number of likely N-dealkylation sites (tertiary alicyclic amines) is 1. The molecule has 0 aromatic rings. The Morgan fingerprint density at radius 1 is 1.58 bits per heavy atom. The summed E-state index contributed by atoms with van der Waals surface area (Å²) >= 11 is 1.62. The van der Waals surface area contributed by atoms with E-state index in [-0.39, 0.29) is 22.7 Å². The van der Waals surface area contributed by atoms with Gasteiger partial charge in [0.25, 0.3) is 0 Å². The Labute approximate surface area is 116 Å². The lowest BCUT2D eigenvalue weighted by atomic mass is 10.2. The number of aliphatic hydroxyl groups is 1. The highest BCUT2D eigenvalue weighted by Crippen LogP contribution is 2.38. The van der Waals surface area contributed by atoms with E-state index in [0.29, 0.717) is 18.8 Å². The molecule has 8 heteroatoms. The van der Waals surface area contributed by atoms with E-state index in [1.807, 2.05) is 0 Å². The van der Waals surface area contributed by atoms with Crippen LogP contribution in [0.1, 0.15) is 13.3 Å². The van der Waals surface area contributed by atoms with Crippen LogP contribution >= 0.6 is 11.8 Å². The molecule has 4 atom stereocenters. The van der Waals surface area contributed by atoms with Crippen LogP contribution in [0.4, 0.5) is 0 Å². The molecular weight excluding hydrogens is 268 g/mol. The first-order valence-electron chi connectivity index (χ1n) is 6.28. The second-order valence-corrected chi connectivity index (χ2v) is 6.58. The molecule has 2 heterocycles. The van der Waals surface area contributed by atoms with Crippen molar-refractivity contribution in [2.24, 2.45) is 11.5 Å². The Hall–Kier alpha value is -0.830. The van der Waals surface area contributed by atoms with E-state index < -0.39 is 12.1 Å². The van der Waals surface area contributed by atoms with Gasteiger partial charge in [-0.15, -0.1) is 11.8 Å². The molecule has 19 heavy (non-hydrogen) atoms. The lowest BCUT2D eigenvalue weighted by molar-refractivity contribution is -0.133. The molecule has 6 N–H and O–H groups in total. The summed E-state index contributed by atoms with van der Waals surface area (Å²) in [7, 11) is 0. The molecule has 0 saturated carbocycles. The number of nitrogens with two attached hydrogens (primary N) is 2. The number of carbonyl (C=O) groups is 2. The maximum atomic E-state index is 12.1. The third-order valence-corrected chi connectivity index (χ3v) is 5.16. The first-order chi connectivity index (χ1) is 8.84. The van der Waals surface area contributed by atoms with Crippen molar-refractivity contribution in [1.82, 2.24) is 10.2 Å². The minimum Gasteiger partial charge on any atom is -0.391 e. The quantitative estimate of drug-likeness (QED) is 0.468. The Bertz CT molecular complexity index is 392. The molecule has 2 fully saturated rings. The van der Waals surface area contributed by atoms with Crippen LogP contribution in [-0.2, 0) is 9.59 Å². The van der Waals surface area contributed by atoms with Crippen LogP contribution in [0.25, 0.3) is 0 Å². The number of aliphatic hydroxyl groups excluding tert-OH is 1. The number of hydrogen-bond donors (Lipinski definition) is 4. The molecule has 2 aliphatic rings. The number of thioether (sulfide) groups is 1. The summed E-state index contributed by atoms with van der Waals surface area (Å²) in [6.45, 7) is 2.56. The fraction of sp³-hybridized carbons (Fsp3) is 0.818. The first kappa shape index (κ1) is 14.6. The summed E-state index contributed by atoms with van der Waals surface area (Å²) in [4.78, 5) is 24.6. The highest BCUT2D eigenvalue weighted by molar-refractivity contribution is 8.01. The smallest absolute Gasteiger partial charge is 0.242 e. The molecule has 2 aliphatic heterocycles. The number of primary amides is 1. The summed E-state index contributed by atoms with van der Waals surface area (Å²) in [5, 5.41) is 12.6. The van der Waals surface area contributed by atoms with Gasteiger partial charge in [0.2, 0.25) is 11.8 Å². The summed E-state index contributed by atoms with van der Waals surface area (Å²) in [5.41, 5.74) is 10.9. The van der Waals surface area contributed by atoms with Crippen molar-refractivity contribution in [1.29, 1.82) is 0 Å². The predicted octanol–water partition coefficient (Wildman–Crippen LogP) is -2.19. The van der Waals surface area contributed by atoms with Crippen LogP contribution in [-0.4, -0.2) is 63.7 Å². The second kappa shape index (κ2) is 5.28. The van der Waals surface area contributed by atoms with E-state index >= 15 is 0 Å². The topological polar surface area (TPSA) is 122 Å². The van der Waals surface area contributed by atoms with Crippen molar-refractivity contribution in [3.63, 3.8) is 0 Å². The number of carbonyl (C=O) groups excluding carboxylic acids is 2. The van der Waals surface area contributed by atoms with Crippen molar-refractivity contribution >= 4 is 23.6 Å². The molecule has 2 amide bonds. The average molecular weight is 288 g/mol. The van der Waals surface area contributed by atoms with E-state index in [1.54, 1.807) is 16.7 Å². The number of rotatable bonds is 3. The standard InChI is InChI=1S/C11H20N4O3S/c1-6(16)8(12)10(18)15-3-2-11(5-15)14-7(4-19-11)9(13)17/h6-8,14,16H,2-5,12H2,1H3,(H2,13,17)/t6-,7+,8+,11?/m1/s1. The summed E-state index contributed by atoms with van der Waals surface area (Å²) in [6, 6.07) is -1.24. The van der Waals surface area contributed by atoms with Crippen molar-refractivity contribution in [3.05, 3.63) is 0 Å². The molecule has 1 spiro atoms. The van der Waals surface area contributed by atoms with E-state index in [2.05, 4.69) is 5.32 Å². The monoisotopic (exact) mass is 288 g/mol. The van der Waals surface area contributed by atoms with Crippen molar-refractivity contribution in [3.8, 4) is 0 Å². The number of hydrogen-bond acceptors (Lipinski definition) is 6. The van der Waals surface area contributed by atoms with Crippen molar-refractivity contribution in [2.75, 3.05) is 18.8 Å². The van der Waals surface area contributed by atoms with E-state index in [9.17, 15) is 14.7 Å². The maximum absolute atomic E-state index is 12.1. The van der Waals surface area contributed by atoms with Gasteiger partial charge in [0, 0.05) is 18.8 Å². The largest absolute Gasteiger partial charge is 0.391 e. The van der Waals surface area contributed by atoms with Crippen molar-refractivity contribution in [2.45, 2.75) is 36.4 Å². The molecule has 1 unspecified atom stereocenters. The van der Waals surface area contributed by atoms with Gasteiger partial charge in [-0.1, -0.05) is 0 Å². The van der Waals surface area contributed by atoms with E-state index in [0.717, 1.165) is 6.42 Å². The summed E-state index contributed by atoms with van der Waals surface area (Å²) < 4.78 is 0. The minimum absolute atomic E-state index is 0.253. The van der Waals surface area contributed by atoms with Crippen LogP contribution in [0.5, 0.6) is 0 Å². The SMILES string of the molecule is C[C@@H](O)[C@H](N)C(=O)N1CCC2(C1)N[C@H](C(N)=O)CS2. The molecule has 0 aliphatic carbocycles. The highest BCUT2D eigenvalue weighted by Gasteiger charge is 2.47. The Kier molecular flexibility index (Phi) is 4.05. The van der Waals surface area contributed by atoms with E-state index in [1.165, 1.54) is 6.92 Å². The summed E-state index contributed by atoms with van der Waals surface area (Å²) in [5.74, 6) is 0.00596. The van der Waals surface area contributed by atoms with Gasteiger partial charge in [0.05, 0.1) is 17.0 Å². The van der Waals surface area contributed by atoms with Crippen LogP contribution in [0, 0.1) is 0 Å². The van der Waals surface area contributed by atoms with Crippen LogP contribution < -0.4 is 16.8 Å². The number of nitrogens with zero attached hydrogens (tertiary/aromatic N) is 1. The van der Waals surface area contributed by atoms with Gasteiger partial charge in [-0.05, 0) is 13.3 Å². The Morgan fingerprint density at radius 3 is 2.79 bits per heavy atom. The molecule has 0 radical (unpaired) electrons. The van der Waals surface area contributed by atoms with Gasteiger partial charge in [-0.25, -0.2) is 0 Å². The number of amides is 2. The predicted molar refractivity (Wildman–Crippen MR) is 72.2 cm³/mol. The van der Waals surface area contributed by atoms with E-state index in [4.69, 9.17) is 11.5 Å². The van der Waals surface area contributed by atoms with Gasteiger partial charge < -0.3 is 21.5 Å². The molecule has 2 rings (SSSR count).